The fraction of sp³-hybridized carbons (Fsp3) is 0.200. The Morgan fingerprint density at radius 3 is 2.21 bits per heavy atom. The van der Waals surface area contributed by atoms with Crippen LogP contribution in [0.2, 0.25) is 0 Å². The zero-order valence-electron chi connectivity index (χ0n) is 16.3. The third-order valence-electron chi connectivity index (χ3n) is 5.42. The Morgan fingerprint density at radius 1 is 0.897 bits per heavy atom. The molecule has 1 aliphatic heterocycles. The standard InChI is InChI=1S/C25H23NO3/c1-2-16-26-22-11-7-6-10-21(22)25(29,24(26)28)17-23(27)20-14-12-19(13-15-20)18-8-4-3-5-9-18/h3-15,29H,2,16-17H2,1H3. The van der Waals surface area contributed by atoms with Crippen molar-refractivity contribution >= 4 is 17.4 Å². The van der Waals surface area contributed by atoms with Crippen molar-refractivity contribution < 1.29 is 14.7 Å². The quantitative estimate of drug-likeness (QED) is 0.633. The van der Waals surface area contributed by atoms with Crippen molar-refractivity contribution in [2.24, 2.45) is 0 Å². The lowest BCUT2D eigenvalue weighted by molar-refractivity contribution is -0.135. The first-order valence-corrected chi connectivity index (χ1v) is 9.87. The maximum absolute atomic E-state index is 13.0. The summed E-state index contributed by atoms with van der Waals surface area (Å²) in [7, 11) is 0. The predicted molar refractivity (Wildman–Crippen MR) is 114 cm³/mol. The first kappa shape index (κ1) is 19.1. The first-order valence-electron chi connectivity index (χ1n) is 9.87. The van der Waals surface area contributed by atoms with Crippen LogP contribution in [0.15, 0.2) is 78.9 Å². The summed E-state index contributed by atoms with van der Waals surface area (Å²) in [5.74, 6) is -0.677. The van der Waals surface area contributed by atoms with Gasteiger partial charge >= 0.3 is 0 Å². The van der Waals surface area contributed by atoms with Crippen LogP contribution in [0.25, 0.3) is 11.1 Å². The number of anilines is 1. The summed E-state index contributed by atoms with van der Waals surface area (Å²) in [5.41, 5.74) is 1.94. The molecule has 0 bridgehead atoms. The molecule has 146 valence electrons. The van der Waals surface area contributed by atoms with Gasteiger partial charge in [0.15, 0.2) is 11.4 Å². The third kappa shape index (κ3) is 3.36. The Bertz CT molecular complexity index is 1040. The van der Waals surface area contributed by atoms with E-state index in [9.17, 15) is 14.7 Å². The number of hydrogen-bond donors (Lipinski definition) is 1. The molecule has 0 fully saturated rings. The molecule has 1 unspecified atom stereocenters. The van der Waals surface area contributed by atoms with E-state index in [4.69, 9.17) is 0 Å². The molecule has 3 aromatic carbocycles. The highest BCUT2D eigenvalue weighted by atomic mass is 16.3. The molecule has 1 atom stereocenters. The number of rotatable bonds is 6. The van der Waals surface area contributed by atoms with E-state index in [1.165, 1.54) is 0 Å². The lowest BCUT2D eigenvalue weighted by Gasteiger charge is -2.22. The van der Waals surface area contributed by atoms with E-state index >= 15 is 0 Å². The number of carbonyl (C=O) groups excluding carboxylic acids is 2. The second-order valence-electron chi connectivity index (χ2n) is 7.38. The SMILES string of the molecule is CCCN1C(=O)C(O)(CC(=O)c2ccc(-c3ccccc3)cc2)c2ccccc21. The Hall–Kier alpha value is -3.24. The van der Waals surface area contributed by atoms with Crippen LogP contribution in [-0.4, -0.2) is 23.3 Å². The molecule has 0 aromatic heterocycles. The highest BCUT2D eigenvalue weighted by Gasteiger charge is 2.50. The second-order valence-corrected chi connectivity index (χ2v) is 7.38. The topological polar surface area (TPSA) is 57.6 Å². The monoisotopic (exact) mass is 385 g/mol. The Labute approximate surface area is 170 Å². The molecule has 1 heterocycles. The molecule has 4 rings (SSSR count). The van der Waals surface area contributed by atoms with E-state index in [1.54, 1.807) is 29.2 Å². The van der Waals surface area contributed by atoms with Crippen LogP contribution in [-0.2, 0) is 10.4 Å². The molecule has 0 radical (unpaired) electrons. The van der Waals surface area contributed by atoms with Crippen LogP contribution in [0.5, 0.6) is 0 Å². The average Bonchev–Trinajstić information content (AvgIpc) is 2.97. The number of carbonyl (C=O) groups is 2. The van der Waals surface area contributed by atoms with Gasteiger partial charge in [-0.05, 0) is 23.6 Å². The number of para-hydroxylation sites is 1. The number of Topliss-reactive ketones (excluding diaryl/α,β-unsaturated/α-hetero) is 1. The molecule has 1 amide bonds. The summed E-state index contributed by atoms with van der Waals surface area (Å²) in [5, 5.41) is 11.3. The van der Waals surface area contributed by atoms with E-state index < -0.39 is 11.5 Å². The molecule has 4 heteroatoms. The largest absolute Gasteiger partial charge is 0.375 e. The number of nitrogens with zero attached hydrogens (tertiary/aromatic N) is 1. The van der Waals surface area contributed by atoms with Gasteiger partial charge in [-0.25, -0.2) is 0 Å². The van der Waals surface area contributed by atoms with Crippen molar-refractivity contribution in [3.8, 4) is 11.1 Å². The fourth-order valence-electron chi connectivity index (χ4n) is 3.94. The lowest BCUT2D eigenvalue weighted by Crippen LogP contribution is -2.42. The van der Waals surface area contributed by atoms with E-state index in [1.807, 2.05) is 61.5 Å². The minimum Gasteiger partial charge on any atom is -0.375 e. The number of hydrogen-bond acceptors (Lipinski definition) is 3. The second kappa shape index (κ2) is 7.64. The molecule has 0 aliphatic carbocycles. The first-order chi connectivity index (χ1) is 14.0. The van der Waals surface area contributed by atoms with Crippen LogP contribution in [0, 0.1) is 0 Å². The Kier molecular flexibility index (Phi) is 5.03. The van der Waals surface area contributed by atoms with Gasteiger partial charge in [-0.15, -0.1) is 0 Å². The van der Waals surface area contributed by atoms with Gasteiger partial charge in [0.1, 0.15) is 0 Å². The van der Waals surface area contributed by atoms with Gasteiger partial charge in [0.05, 0.1) is 12.1 Å². The maximum atomic E-state index is 13.0. The summed E-state index contributed by atoms with van der Waals surface area (Å²) in [4.78, 5) is 27.5. The Morgan fingerprint density at radius 2 is 1.52 bits per heavy atom. The van der Waals surface area contributed by atoms with Gasteiger partial charge in [-0.2, -0.15) is 0 Å². The number of aliphatic hydroxyl groups is 1. The van der Waals surface area contributed by atoms with Crippen molar-refractivity contribution in [2.75, 3.05) is 11.4 Å². The van der Waals surface area contributed by atoms with Crippen molar-refractivity contribution in [1.82, 2.24) is 0 Å². The summed E-state index contributed by atoms with van der Waals surface area (Å²) in [6.45, 7) is 2.49. The van der Waals surface area contributed by atoms with E-state index in [0.29, 0.717) is 23.4 Å². The molecule has 1 aliphatic rings. The molecule has 4 nitrogen and oxygen atoms in total. The molecule has 0 saturated carbocycles. The van der Waals surface area contributed by atoms with Gasteiger partial charge in [0, 0.05) is 17.7 Å². The van der Waals surface area contributed by atoms with E-state index in [-0.39, 0.29) is 12.2 Å². The molecule has 0 saturated heterocycles. The van der Waals surface area contributed by atoms with Crippen LogP contribution in [0.3, 0.4) is 0 Å². The number of amides is 1. The molecule has 0 spiro atoms. The Balaban J connectivity index is 1.60. The molecular weight excluding hydrogens is 362 g/mol. The number of benzene rings is 3. The van der Waals surface area contributed by atoms with Gasteiger partial charge in [-0.3, -0.25) is 9.59 Å². The summed E-state index contributed by atoms with van der Waals surface area (Å²) in [6, 6.07) is 24.4. The zero-order valence-corrected chi connectivity index (χ0v) is 16.3. The minimum atomic E-state index is -1.82. The smallest absolute Gasteiger partial charge is 0.264 e. The molecule has 29 heavy (non-hydrogen) atoms. The lowest BCUT2D eigenvalue weighted by atomic mass is 9.88. The maximum Gasteiger partial charge on any atom is 0.264 e. The van der Waals surface area contributed by atoms with E-state index in [2.05, 4.69) is 0 Å². The number of ketones is 1. The summed E-state index contributed by atoms with van der Waals surface area (Å²) in [6.07, 6.45) is 0.499. The van der Waals surface area contributed by atoms with Crippen LogP contribution in [0.1, 0.15) is 35.7 Å². The van der Waals surface area contributed by atoms with Gasteiger partial charge in [0.25, 0.3) is 5.91 Å². The van der Waals surface area contributed by atoms with E-state index in [0.717, 1.165) is 17.5 Å². The van der Waals surface area contributed by atoms with Crippen molar-refractivity contribution in [1.29, 1.82) is 0 Å². The van der Waals surface area contributed by atoms with Gasteiger partial charge in [-0.1, -0.05) is 79.7 Å². The minimum absolute atomic E-state index is 0.256. The predicted octanol–water partition coefficient (Wildman–Crippen LogP) is 4.57. The number of fused-ring (bicyclic) bond motifs is 1. The van der Waals surface area contributed by atoms with Crippen LogP contribution >= 0.6 is 0 Å². The highest BCUT2D eigenvalue weighted by molar-refractivity contribution is 6.10. The van der Waals surface area contributed by atoms with Crippen molar-refractivity contribution in [3.05, 3.63) is 90.0 Å². The summed E-state index contributed by atoms with van der Waals surface area (Å²) < 4.78 is 0. The third-order valence-corrected chi connectivity index (χ3v) is 5.42. The molecule has 3 aromatic rings. The fourth-order valence-corrected chi connectivity index (χ4v) is 3.94. The molecular formula is C25H23NO3. The highest BCUT2D eigenvalue weighted by Crippen LogP contribution is 2.42. The van der Waals surface area contributed by atoms with Gasteiger partial charge < -0.3 is 10.0 Å². The van der Waals surface area contributed by atoms with Crippen molar-refractivity contribution in [3.63, 3.8) is 0 Å². The van der Waals surface area contributed by atoms with Crippen LogP contribution < -0.4 is 4.90 Å². The summed E-state index contributed by atoms with van der Waals surface area (Å²) >= 11 is 0. The average molecular weight is 385 g/mol. The normalized spacial score (nSPS) is 18.0. The van der Waals surface area contributed by atoms with Crippen LogP contribution in [0.4, 0.5) is 5.69 Å². The van der Waals surface area contributed by atoms with Gasteiger partial charge in [0.2, 0.25) is 0 Å². The zero-order chi connectivity index (χ0) is 20.4. The molecule has 1 N–H and O–H groups in total. The van der Waals surface area contributed by atoms with Crippen molar-refractivity contribution in [2.45, 2.75) is 25.4 Å².